The van der Waals surface area contributed by atoms with Crippen molar-refractivity contribution < 1.29 is 8.42 Å². The number of piperidine rings is 1. The molecule has 1 N–H and O–H groups in total. The molecule has 0 saturated carbocycles. The van der Waals surface area contributed by atoms with Crippen molar-refractivity contribution in [2.24, 2.45) is 11.8 Å². The lowest BCUT2D eigenvalue weighted by Crippen LogP contribution is -2.54. The minimum Gasteiger partial charge on any atom is -0.311 e. The summed E-state index contributed by atoms with van der Waals surface area (Å²) in [6, 6.07) is 0.568. The third-order valence-corrected chi connectivity index (χ3v) is 5.83. The van der Waals surface area contributed by atoms with Crippen molar-refractivity contribution in [1.29, 1.82) is 0 Å². The second-order valence-corrected chi connectivity index (χ2v) is 8.68. The number of nitrogens with zero attached hydrogens (tertiary/aromatic N) is 2. The zero-order valence-corrected chi connectivity index (χ0v) is 13.8. The summed E-state index contributed by atoms with van der Waals surface area (Å²) >= 11 is 0. The van der Waals surface area contributed by atoms with Gasteiger partial charge in [0.15, 0.2) is 0 Å². The van der Waals surface area contributed by atoms with Gasteiger partial charge in [-0.2, -0.15) is 0 Å². The molecule has 0 radical (unpaired) electrons. The van der Waals surface area contributed by atoms with Crippen LogP contribution in [0.1, 0.15) is 26.7 Å². The van der Waals surface area contributed by atoms with E-state index in [-0.39, 0.29) is 0 Å². The van der Waals surface area contributed by atoms with Crippen LogP contribution in [0.15, 0.2) is 0 Å². The Balaban J connectivity index is 1.86. The minimum atomic E-state index is -3.02. The second-order valence-electron chi connectivity index (χ2n) is 6.69. The molecule has 0 aromatic rings. The maximum absolute atomic E-state index is 11.7. The molecule has 5 nitrogen and oxygen atoms in total. The lowest BCUT2D eigenvalue weighted by atomic mass is 9.97. The molecule has 2 unspecified atom stereocenters. The first-order valence-corrected chi connectivity index (χ1v) is 9.62. The van der Waals surface area contributed by atoms with Crippen LogP contribution in [-0.4, -0.2) is 69.2 Å². The van der Waals surface area contributed by atoms with E-state index in [1.54, 1.807) is 4.31 Å². The highest BCUT2D eigenvalue weighted by molar-refractivity contribution is 7.88. The summed E-state index contributed by atoms with van der Waals surface area (Å²) in [5.41, 5.74) is 0. The summed E-state index contributed by atoms with van der Waals surface area (Å²) < 4.78 is 25.0. The quantitative estimate of drug-likeness (QED) is 0.826. The van der Waals surface area contributed by atoms with E-state index in [1.165, 1.54) is 6.26 Å². The topological polar surface area (TPSA) is 52.7 Å². The number of sulfonamides is 1. The zero-order valence-electron chi connectivity index (χ0n) is 13.0. The molecule has 0 amide bonds. The van der Waals surface area contributed by atoms with Crippen LogP contribution in [0.2, 0.25) is 0 Å². The van der Waals surface area contributed by atoms with Crippen molar-refractivity contribution >= 4 is 10.0 Å². The van der Waals surface area contributed by atoms with E-state index >= 15 is 0 Å². The Kier molecular flexibility index (Phi) is 5.45. The largest absolute Gasteiger partial charge is 0.311 e. The van der Waals surface area contributed by atoms with Crippen LogP contribution in [-0.2, 0) is 10.0 Å². The standard InChI is InChI=1S/C14H29N3O2S/c1-12(2)14-11-16(8-6-15-14)9-13-5-4-7-17(10-13)20(3,18)19/h12-15H,4-11H2,1-3H3. The van der Waals surface area contributed by atoms with Crippen LogP contribution in [0.5, 0.6) is 0 Å². The lowest BCUT2D eigenvalue weighted by Gasteiger charge is -2.39. The number of rotatable bonds is 4. The molecule has 2 fully saturated rings. The van der Waals surface area contributed by atoms with Gasteiger partial charge in [-0.05, 0) is 24.7 Å². The highest BCUT2D eigenvalue weighted by Crippen LogP contribution is 2.20. The van der Waals surface area contributed by atoms with Gasteiger partial charge in [0.25, 0.3) is 0 Å². The van der Waals surface area contributed by atoms with Crippen LogP contribution in [0, 0.1) is 11.8 Å². The monoisotopic (exact) mass is 303 g/mol. The van der Waals surface area contributed by atoms with Crippen molar-refractivity contribution in [2.45, 2.75) is 32.7 Å². The molecule has 0 aliphatic carbocycles. The smallest absolute Gasteiger partial charge is 0.211 e. The highest BCUT2D eigenvalue weighted by Gasteiger charge is 2.29. The van der Waals surface area contributed by atoms with Gasteiger partial charge in [0, 0.05) is 45.3 Å². The van der Waals surface area contributed by atoms with Crippen molar-refractivity contribution in [3.8, 4) is 0 Å². The fourth-order valence-corrected chi connectivity index (χ4v) is 4.24. The molecule has 0 aromatic heterocycles. The van der Waals surface area contributed by atoms with E-state index in [1.807, 2.05) is 0 Å². The van der Waals surface area contributed by atoms with Gasteiger partial charge in [-0.1, -0.05) is 13.8 Å². The van der Waals surface area contributed by atoms with Crippen LogP contribution < -0.4 is 5.32 Å². The van der Waals surface area contributed by atoms with E-state index < -0.39 is 10.0 Å². The van der Waals surface area contributed by atoms with Crippen LogP contribution in [0.4, 0.5) is 0 Å². The van der Waals surface area contributed by atoms with E-state index in [4.69, 9.17) is 0 Å². The fourth-order valence-electron chi connectivity index (χ4n) is 3.30. The van der Waals surface area contributed by atoms with Gasteiger partial charge in [0.05, 0.1) is 6.26 Å². The molecule has 2 saturated heterocycles. The molecular formula is C14H29N3O2S. The third-order valence-electron chi connectivity index (χ3n) is 4.56. The first-order valence-electron chi connectivity index (χ1n) is 7.77. The molecule has 20 heavy (non-hydrogen) atoms. The Morgan fingerprint density at radius 2 is 2.00 bits per heavy atom. The average Bonchev–Trinajstić information content (AvgIpc) is 2.38. The number of hydrogen-bond acceptors (Lipinski definition) is 4. The molecular weight excluding hydrogens is 274 g/mol. The van der Waals surface area contributed by atoms with Gasteiger partial charge in [-0.25, -0.2) is 12.7 Å². The molecule has 0 aromatic carbocycles. The third kappa shape index (κ3) is 4.41. The Bertz CT molecular complexity index is 411. The molecule has 2 rings (SSSR count). The predicted molar refractivity (Wildman–Crippen MR) is 82.2 cm³/mol. The first kappa shape index (κ1) is 16.2. The Labute approximate surface area is 123 Å². The van der Waals surface area contributed by atoms with E-state index in [9.17, 15) is 8.42 Å². The molecule has 2 heterocycles. The molecule has 2 aliphatic heterocycles. The number of nitrogens with one attached hydrogen (secondary N) is 1. The molecule has 0 bridgehead atoms. The summed E-state index contributed by atoms with van der Waals surface area (Å²) in [5.74, 6) is 1.14. The average molecular weight is 303 g/mol. The van der Waals surface area contributed by atoms with Gasteiger partial charge >= 0.3 is 0 Å². The van der Waals surface area contributed by atoms with Gasteiger partial charge in [0.1, 0.15) is 0 Å². The molecule has 2 aliphatic rings. The predicted octanol–water partition coefficient (Wildman–Crippen LogP) is 0.588. The Hall–Kier alpha value is -0.170. The number of piperazine rings is 1. The van der Waals surface area contributed by atoms with Crippen molar-refractivity contribution in [3.05, 3.63) is 0 Å². The molecule has 118 valence electrons. The SMILES string of the molecule is CC(C)C1CN(CC2CCCN(S(C)(=O)=O)C2)CCN1. The summed E-state index contributed by atoms with van der Waals surface area (Å²) in [5, 5.41) is 3.57. The van der Waals surface area contributed by atoms with Crippen LogP contribution in [0.25, 0.3) is 0 Å². The fraction of sp³-hybridized carbons (Fsp3) is 1.00. The summed E-state index contributed by atoms with van der Waals surface area (Å²) in [4.78, 5) is 2.51. The molecule has 2 atom stereocenters. The maximum atomic E-state index is 11.7. The van der Waals surface area contributed by atoms with E-state index in [0.717, 1.165) is 39.0 Å². The summed E-state index contributed by atoms with van der Waals surface area (Å²) in [7, 11) is -3.02. The van der Waals surface area contributed by atoms with Crippen LogP contribution in [0.3, 0.4) is 0 Å². The van der Waals surface area contributed by atoms with Crippen molar-refractivity contribution in [1.82, 2.24) is 14.5 Å². The normalized spacial score (nSPS) is 30.8. The minimum absolute atomic E-state index is 0.490. The van der Waals surface area contributed by atoms with Gasteiger partial charge in [-0.3, -0.25) is 0 Å². The number of hydrogen-bond donors (Lipinski definition) is 1. The van der Waals surface area contributed by atoms with E-state index in [2.05, 4.69) is 24.1 Å². The van der Waals surface area contributed by atoms with Gasteiger partial charge < -0.3 is 10.2 Å². The summed E-state index contributed by atoms with van der Waals surface area (Å²) in [6.07, 6.45) is 3.48. The highest BCUT2D eigenvalue weighted by atomic mass is 32.2. The lowest BCUT2D eigenvalue weighted by molar-refractivity contribution is 0.131. The van der Waals surface area contributed by atoms with Crippen molar-refractivity contribution in [2.75, 3.05) is 45.5 Å². The van der Waals surface area contributed by atoms with Gasteiger partial charge in [0.2, 0.25) is 10.0 Å². The summed E-state index contributed by atoms with van der Waals surface area (Å²) in [6.45, 7) is 10.2. The second kappa shape index (κ2) is 6.73. The van der Waals surface area contributed by atoms with Crippen LogP contribution >= 0.6 is 0 Å². The van der Waals surface area contributed by atoms with E-state index in [0.29, 0.717) is 31.0 Å². The van der Waals surface area contributed by atoms with Gasteiger partial charge in [-0.15, -0.1) is 0 Å². The van der Waals surface area contributed by atoms with Crippen molar-refractivity contribution in [3.63, 3.8) is 0 Å². The Morgan fingerprint density at radius 1 is 1.25 bits per heavy atom. The molecule has 6 heteroatoms. The first-order chi connectivity index (χ1) is 9.36. The Morgan fingerprint density at radius 3 is 2.65 bits per heavy atom. The maximum Gasteiger partial charge on any atom is 0.211 e. The zero-order chi connectivity index (χ0) is 14.8. The molecule has 0 spiro atoms.